The van der Waals surface area contributed by atoms with Crippen LogP contribution in [0.5, 0.6) is 0 Å². The molecule has 2 aromatic carbocycles. The van der Waals surface area contributed by atoms with E-state index >= 15 is 0 Å². The van der Waals surface area contributed by atoms with Crippen molar-refractivity contribution in [3.8, 4) is 0 Å². The Morgan fingerprint density at radius 3 is 2.71 bits per heavy atom. The van der Waals surface area contributed by atoms with E-state index in [2.05, 4.69) is 15.5 Å². The average Bonchev–Trinajstić information content (AvgIpc) is 3.20. The Hall–Kier alpha value is -2.82. The largest absolute Gasteiger partial charge is 0.369 e. The second-order valence-corrected chi connectivity index (χ2v) is 6.06. The van der Waals surface area contributed by atoms with Gasteiger partial charge in [0.2, 0.25) is 0 Å². The Balaban J connectivity index is 1.56. The van der Waals surface area contributed by atoms with Gasteiger partial charge in [0.05, 0.1) is 11.3 Å². The van der Waals surface area contributed by atoms with Gasteiger partial charge in [-0.2, -0.15) is 0 Å². The number of anilines is 3. The first-order valence-electron chi connectivity index (χ1n) is 8.14. The first-order chi connectivity index (χ1) is 11.7. The molecule has 1 saturated heterocycles. The SMILES string of the molecule is O=C1Nc2ccccc2/C1=C\Nc1ccc(N2CCCC2)c(F)c1. The molecule has 0 saturated carbocycles. The molecule has 122 valence electrons. The van der Waals surface area contributed by atoms with Crippen molar-refractivity contribution in [3.63, 3.8) is 0 Å². The summed E-state index contributed by atoms with van der Waals surface area (Å²) >= 11 is 0. The molecule has 2 aliphatic heterocycles. The number of nitrogens with zero attached hydrogens (tertiary/aromatic N) is 1. The zero-order valence-corrected chi connectivity index (χ0v) is 13.2. The highest BCUT2D eigenvalue weighted by Gasteiger charge is 2.23. The van der Waals surface area contributed by atoms with Crippen molar-refractivity contribution in [3.05, 3.63) is 60.0 Å². The van der Waals surface area contributed by atoms with Crippen LogP contribution in [0.2, 0.25) is 0 Å². The molecule has 4 nitrogen and oxygen atoms in total. The summed E-state index contributed by atoms with van der Waals surface area (Å²) in [6.07, 6.45) is 3.85. The van der Waals surface area contributed by atoms with E-state index in [0.717, 1.165) is 37.2 Å². The maximum absolute atomic E-state index is 14.3. The van der Waals surface area contributed by atoms with E-state index in [0.29, 0.717) is 16.9 Å². The summed E-state index contributed by atoms with van der Waals surface area (Å²) in [7, 11) is 0. The van der Waals surface area contributed by atoms with Crippen LogP contribution in [0.1, 0.15) is 18.4 Å². The van der Waals surface area contributed by atoms with Crippen LogP contribution in [-0.2, 0) is 4.79 Å². The summed E-state index contributed by atoms with van der Waals surface area (Å²) in [4.78, 5) is 14.1. The monoisotopic (exact) mass is 323 g/mol. The fourth-order valence-electron chi connectivity index (χ4n) is 3.25. The van der Waals surface area contributed by atoms with Crippen LogP contribution in [0.25, 0.3) is 5.57 Å². The molecule has 2 N–H and O–H groups in total. The van der Waals surface area contributed by atoms with Crippen molar-refractivity contribution in [2.24, 2.45) is 0 Å². The molecule has 0 atom stereocenters. The molecular weight excluding hydrogens is 305 g/mol. The van der Waals surface area contributed by atoms with Crippen LogP contribution >= 0.6 is 0 Å². The predicted molar refractivity (Wildman–Crippen MR) is 94.5 cm³/mol. The third-order valence-electron chi connectivity index (χ3n) is 4.49. The molecule has 0 unspecified atom stereocenters. The minimum Gasteiger partial charge on any atom is -0.369 e. The molecule has 0 bridgehead atoms. The molecule has 0 spiro atoms. The van der Waals surface area contributed by atoms with E-state index in [1.54, 1.807) is 12.3 Å². The molecule has 2 aromatic rings. The highest BCUT2D eigenvalue weighted by molar-refractivity contribution is 6.31. The van der Waals surface area contributed by atoms with E-state index in [-0.39, 0.29) is 11.7 Å². The first-order valence-corrected chi connectivity index (χ1v) is 8.14. The third-order valence-corrected chi connectivity index (χ3v) is 4.49. The number of fused-ring (bicyclic) bond motifs is 1. The van der Waals surface area contributed by atoms with Crippen LogP contribution in [0, 0.1) is 5.82 Å². The smallest absolute Gasteiger partial charge is 0.257 e. The van der Waals surface area contributed by atoms with E-state index in [1.807, 2.05) is 30.3 Å². The molecule has 1 fully saturated rings. The fraction of sp³-hybridized carbons (Fsp3) is 0.211. The first kappa shape index (κ1) is 14.8. The molecule has 2 aliphatic rings. The van der Waals surface area contributed by atoms with Gasteiger partial charge in [0, 0.05) is 36.2 Å². The summed E-state index contributed by atoms with van der Waals surface area (Å²) in [5.41, 5.74) is 3.47. The van der Waals surface area contributed by atoms with Gasteiger partial charge in [-0.15, -0.1) is 0 Å². The quantitative estimate of drug-likeness (QED) is 0.844. The number of halogens is 1. The van der Waals surface area contributed by atoms with Crippen LogP contribution in [0.3, 0.4) is 0 Å². The zero-order chi connectivity index (χ0) is 16.5. The topological polar surface area (TPSA) is 44.4 Å². The van der Waals surface area contributed by atoms with Gasteiger partial charge in [0.25, 0.3) is 5.91 Å². The van der Waals surface area contributed by atoms with Gasteiger partial charge in [-0.25, -0.2) is 4.39 Å². The molecule has 1 amide bonds. The normalized spacial score (nSPS) is 18.0. The van der Waals surface area contributed by atoms with Crippen molar-refractivity contribution in [1.82, 2.24) is 0 Å². The fourth-order valence-corrected chi connectivity index (χ4v) is 3.25. The van der Waals surface area contributed by atoms with Crippen LogP contribution in [0.15, 0.2) is 48.7 Å². The summed E-state index contributed by atoms with van der Waals surface area (Å²) in [6.45, 7) is 1.81. The van der Waals surface area contributed by atoms with E-state index < -0.39 is 0 Å². The molecule has 0 radical (unpaired) electrons. The molecule has 24 heavy (non-hydrogen) atoms. The molecule has 0 aromatic heterocycles. The minimum absolute atomic E-state index is 0.155. The van der Waals surface area contributed by atoms with Gasteiger partial charge >= 0.3 is 0 Å². The predicted octanol–water partition coefficient (Wildman–Crippen LogP) is 3.83. The van der Waals surface area contributed by atoms with Crippen LogP contribution < -0.4 is 15.5 Å². The number of carbonyl (C=O) groups is 1. The van der Waals surface area contributed by atoms with Gasteiger partial charge in [0.1, 0.15) is 5.82 Å². The summed E-state index contributed by atoms with van der Waals surface area (Å²) in [6, 6.07) is 12.6. The Morgan fingerprint density at radius 1 is 1.12 bits per heavy atom. The third kappa shape index (κ3) is 2.62. The molecule has 4 rings (SSSR count). The lowest BCUT2D eigenvalue weighted by Crippen LogP contribution is -2.18. The number of carbonyl (C=O) groups excluding carboxylic acids is 1. The zero-order valence-electron chi connectivity index (χ0n) is 13.2. The van der Waals surface area contributed by atoms with Gasteiger partial charge < -0.3 is 15.5 Å². The lowest BCUT2D eigenvalue weighted by molar-refractivity contribution is -0.110. The number of para-hydroxylation sites is 1. The number of benzene rings is 2. The summed E-state index contributed by atoms with van der Waals surface area (Å²) < 4.78 is 14.3. The number of hydrogen-bond acceptors (Lipinski definition) is 3. The average molecular weight is 323 g/mol. The van der Waals surface area contributed by atoms with Crippen LogP contribution in [-0.4, -0.2) is 19.0 Å². The Morgan fingerprint density at radius 2 is 1.92 bits per heavy atom. The Bertz CT molecular complexity index is 825. The van der Waals surface area contributed by atoms with Crippen molar-refractivity contribution in [2.75, 3.05) is 28.6 Å². The summed E-state index contributed by atoms with van der Waals surface area (Å²) in [5, 5.41) is 5.85. The second-order valence-electron chi connectivity index (χ2n) is 6.06. The molecule has 2 heterocycles. The van der Waals surface area contributed by atoms with Crippen molar-refractivity contribution < 1.29 is 9.18 Å². The Kier molecular flexibility index (Phi) is 3.69. The Labute approximate surface area is 140 Å². The summed E-state index contributed by atoms with van der Waals surface area (Å²) in [5.74, 6) is -0.394. The lowest BCUT2D eigenvalue weighted by Gasteiger charge is -2.18. The van der Waals surface area contributed by atoms with E-state index in [4.69, 9.17) is 0 Å². The lowest BCUT2D eigenvalue weighted by atomic mass is 10.1. The minimum atomic E-state index is -0.239. The van der Waals surface area contributed by atoms with Gasteiger partial charge in [-0.05, 0) is 37.1 Å². The number of rotatable bonds is 3. The molecule has 5 heteroatoms. The van der Waals surface area contributed by atoms with Crippen molar-refractivity contribution >= 4 is 28.5 Å². The van der Waals surface area contributed by atoms with Gasteiger partial charge in [0.15, 0.2) is 0 Å². The van der Waals surface area contributed by atoms with Gasteiger partial charge in [-0.1, -0.05) is 18.2 Å². The molecule has 0 aliphatic carbocycles. The number of amides is 1. The number of nitrogens with one attached hydrogen (secondary N) is 2. The second kappa shape index (κ2) is 6.00. The standard InChI is InChI=1S/C19H18FN3O/c20-16-11-13(7-8-18(16)23-9-3-4-10-23)21-12-15-14-5-1-2-6-17(14)22-19(15)24/h1-2,5-8,11-12,21H,3-4,9-10H2,(H,22,24)/b15-12+. The van der Waals surface area contributed by atoms with E-state index in [9.17, 15) is 9.18 Å². The van der Waals surface area contributed by atoms with Crippen molar-refractivity contribution in [2.45, 2.75) is 12.8 Å². The highest BCUT2D eigenvalue weighted by Crippen LogP contribution is 2.31. The van der Waals surface area contributed by atoms with Crippen LogP contribution in [0.4, 0.5) is 21.5 Å². The molecular formula is C19H18FN3O. The van der Waals surface area contributed by atoms with E-state index in [1.165, 1.54) is 6.07 Å². The maximum Gasteiger partial charge on any atom is 0.257 e. The highest BCUT2D eigenvalue weighted by atomic mass is 19.1. The number of hydrogen-bond donors (Lipinski definition) is 2. The van der Waals surface area contributed by atoms with Crippen molar-refractivity contribution in [1.29, 1.82) is 0 Å². The van der Waals surface area contributed by atoms with Gasteiger partial charge in [-0.3, -0.25) is 4.79 Å². The maximum atomic E-state index is 14.3.